The van der Waals surface area contributed by atoms with Gasteiger partial charge >= 0.3 is 0 Å². The van der Waals surface area contributed by atoms with E-state index in [1.54, 1.807) is 0 Å². The van der Waals surface area contributed by atoms with Crippen molar-refractivity contribution >= 4 is 33.6 Å². The number of para-hydroxylation sites is 1. The fraction of sp³-hybridized carbons (Fsp3) is 0.226. The van der Waals surface area contributed by atoms with E-state index in [0.717, 1.165) is 51.2 Å². The third-order valence-electron chi connectivity index (χ3n) is 7.45. The minimum Gasteiger partial charge on any atom is -0.452 e. The summed E-state index contributed by atoms with van der Waals surface area (Å²) in [5, 5.41) is 1.05. The summed E-state index contributed by atoms with van der Waals surface area (Å²) < 4.78 is 6.07. The van der Waals surface area contributed by atoms with Gasteiger partial charge in [0.1, 0.15) is 5.76 Å². The van der Waals surface area contributed by atoms with Crippen LogP contribution in [0.4, 0.5) is 17.1 Å². The number of aryl methyl sites for hydroxylation is 1. The standard InChI is InChI=1S/C31H28N2O/c1-4-22(31-20(3)34-29-15-8-6-12-25(29)31)23-17-16-21(32)18-28(23)33-26-13-7-5-11-24(26)30-19(2)10-9-14-27(30)33/h4-7,9,11-14,16-19,27,30H,10,32H2,1-3H3/b22-4-. The van der Waals surface area contributed by atoms with Crippen LogP contribution in [0.1, 0.15) is 48.6 Å². The number of benzene rings is 2. The summed E-state index contributed by atoms with van der Waals surface area (Å²) in [7, 11) is 0. The summed E-state index contributed by atoms with van der Waals surface area (Å²) in [5.41, 5.74) is 15.1. The van der Waals surface area contributed by atoms with E-state index in [1.165, 1.54) is 11.3 Å². The zero-order valence-electron chi connectivity index (χ0n) is 19.8. The van der Waals surface area contributed by atoms with Crippen LogP contribution in [-0.2, 0) is 0 Å². The van der Waals surface area contributed by atoms with E-state index < -0.39 is 0 Å². The summed E-state index contributed by atoms with van der Waals surface area (Å²) in [6.45, 7) is 6.49. The van der Waals surface area contributed by atoms with Gasteiger partial charge in [0.25, 0.3) is 0 Å². The van der Waals surface area contributed by atoms with Crippen molar-refractivity contribution in [3.8, 4) is 0 Å². The van der Waals surface area contributed by atoms with Gasteiger partial charge in [-0.1, -0.05) is 55.5 Å². The number of fused-ring (bicyclic) bond motifs is 4. The van der Waals surface area contributed by atoms with E-state index in [4.69, 9.17) is 10.2 Å². The van der Waals surface area contributed by atoms with Gasteiger partial charge in [0.2, 0.25) is 0 Å². The SMILES string of the molecule is C/C=C(/c1ccc(N)cc1N1c2ccccc2C2C(C)CC=CC21)c1c(C)oc2c#cccc12. The summed E-state index contributed by atoms with van der Waals surface area (Å²) in [4.78, 5) is 2.50. The summed E-state index contributed by atoms with van der Waals surface area (Å²) in [5.74, 6) is 1.93. The highest BCUT2D eigenvalue weighted by Crippen LogP contribution is 2.53. The summed E-state index contributed by atoms with van der Waals surface area (Å²) in [6.07, 6.45) is 8.02. The molecule has 2 aliphatic rings. The fourth-order valence-electron chi connectivity index (χ4n) is 6.00. The van der Waals surface area contributed by atoms with Crippen LogP contribution in [0.3, 0.4) is 0 Å². The van der Waals surface area contributed by atoms with Gasteiger partial charge in [-0.2, -0.15) is 0 Å². The van der Waals surface area contributed by atoms with Crippen molar-refractivity contribution < 1.29 is 4.42 Å². The Morgan fingerprint density at radius 3 is 2.85 bits per heavy atom. The van der Waals surface area contributed by atoms with Crippen LogP contribution in [0.2, 0.25) is 0 Å². The van der Waals surface area contributed by atoms with Gasteiger partial charge in [-0.3, -0.25) is 0 Å². The van der Waals surface area contributed by atoms with Gasteiger partial charge in [-0.05, 0) is 73.7 Å². The Hall–Kier alpha value is -3.90. The van der Waals surface area contributed by atoms with E-state index >= 15 is 0 Å². The van der Waals surface area contributed by atoms with E-state index in [9.17, 15) is 0 Å². The molecule has 0 saturated heterocycles. The van der Waals surface area contributed by atoms with Crippen molar-refractivity contribution in [3.05, 3.63) is 107 Å². The fourth-order valence-corrected chi connectivity index (χ4v) is 6.00. The molecule has 6 rings (SSSR count). The lowest BCUT2D eigenvalue weighted by Gasteiger charge is -2.35. The first kappa shape index (κ1) is 20.7. The molecule has 4 aromatic rings. The number of allylic oxidation sites excluding steroid dienone is 2. The first-order valence-electron chi connectivity index (χ1n) is 12.0. The van der Waals surface area contributed by atoms with Crippen molar-refractivity contribution in [2.45, 2.75) is 39.2 Å². The van der Waals surface area contributed by atoms with Gasteiger partial charge in [0, 0.05) is 33.8 Å². The smallest absolute Gasteiger partial charge is 0.185 e. The highest BCUT2D eigenvalue weighted by atomic mass is 16.3. The predicted molar refractivity (Wildman–Crippen MR) is 140 cm³/mol. The third-order valence-corrected chi connectivity index (χ3v) is 7.45. The molecule has 0 bridgehead atoms. The molecule has 3 unspecified atom stereocenters. The molecular formula is C31H28N2O. The van der Waals surface area contributed by atoms with Crippen LogP contribution >= 0.6 is 0 Å². The highest BCUT2D eigenvalue weighted by molar-refractivity contribution is 6.00. The molecule has 3 nitrogen and oxygen atoms in total. The van der Waals surface area contributed by atoms with Gasteiger partial charge in [-0.25, -0.2) is 0 Å². The predicted octanol–water partition coefficient (Wildman–Crippen LogP) is 7.58. The Balaban J connectivity index is 1.59. The maximum Gasteiger partial charge on any atom is 0.185 e. The lowest BCUT2D eigenvalue weighted by molar-refractivity contribution is 0.428. The zero-order chi connectivity index (χ0) is 23.4. The molecule has 0 fully saturated rings. The molecule has 0 radical (unpaired) electrons. The van der Waals surface area contributed by atoms with E-state index in [1.807, 2.05) is 19.1 Å². The lowest BCUT2D eigenvalue weighted by atomic mass is 9.78. The monoisotopic (exact) mass is 444 g/mol. The van der Waals surface area contributed by atoms with Crippen LogP contribution in [0, 0.1) is 25.0 Å². The molecule has 1 aliphatic heterocycles. The van der Waals surface area contributed by atoms with Crippen molar-refractivity contribution in [1.82, 2.24) is 0 Å². The van der Waals surface area contributed by atoms with Crippen LogP contribution in [0.25, 0.3) is 16.5 Å². The maximum absolute atomic E-state index is 6.40. The van der Waals surface area contributed by atoms with Crippen LogP contribution in [-0.4, -0.2) is 6.04 Å². The average molecular weight is 445 g/mol. The molecule has 168 valence electrons. The quantitative estimate of drug-likeness (QED) is 0.262. The lowest BCUT2D eigenvalue weighted by Crippen LogP contribution is -2.33. The number of nitrogens with zero attached hydrogens (tertiary/aromatic N) is 1. The number of rotatable bonds is 3. The molecular weight excluding hydrogens is 416 g/mol. The van der Waals surface area contributed by atoms with E-state index in [2.05, 4.69) is 91.6 Å². The van der Waals surface area contributed by atoms with Gasteiger partial charge in [-0.15, -0.1) is 0 Å². The zero-order valence-corrected chi connectivity index (χ0v) is 19.8. The van der Waals surface area contributed by atoms with E-state index in [0.29, 0.717) is 11.8 Å². The molecule has 1 aromatic heterocycles. The Morgan fingerprint density at radius 2 is 2.00 bits per heavy atom. The molecule has 3 aromatic carbocycles. The van der Waals surface area contributed by atoms with Crippen molar-refractivity contribution in [2.75, 3.05) is 10.6 Å². The first-order valence-corrected chi connectivity index (χ1v) is 12.0. The topological polar surface area (TPSA) is 42.4 Å². The minimum absolute atomic E-state index is 0.268. The van der Waals surface area contributed by atoms with Gasteiger partial charge in [0.15, 0.2) is 5.58 Å². The minimum atomic E-state index is 0.268. The number of hydrogen-bond donors (Lipinski definition) is 1. The number of hydrogen-bond acceptors (Lipinski definition) is 3. The number of anilines is 3. The Kier molecular flexibility index (Phi) is 4.78. The number of nitrogen functional groups attached to an aromatic ring is 1. The molecule has 2 heterocycles. The second-order valence-electron chi connectivity index (χ2n) is 9.44. The molecule has 3 atom stereocenters. The first-order chi connectivity index (χ1) is 16.6. The van der Waals surface area contributed by atoms with Crippen molar-refractivity contribution in [2.24, 2.45) is 5.92 Å². The normalized spacial score (nSPS) is 21.4. The Bertz CT molecular complexity index is 1460. The molecule has 0 saturated carbocycles. The summed E-state index contributed by atoms with van der Waals surface area (Å²) in [6, 6.07) is 25.5. The molecule has 1 aliphatic carbocycles. The second kappa shape index (κ2) is 7.85. The number of furan rings is 1. The Morgan fingerprint density at radius 1 is 1.15 bits per heavy atom. The van der Waals surface area contributed by atoms with Crippen molar-refractivity contribution in [1.29, 1.82) is 0 Å². The third kappa shape index (κ3) is 2.99. The van der Waals surface area contributed by atoms with Crippen LogP contribution < -0.4 is 10.6 Å². The largest absolute Gasteiger partial charge is 0.452 e. The van der Waals surface area contributed by atoms with Crippen molar-refractivity contribution in [3.63, 3.8) is 0 Å². The van der Waals surface area contributed by atoms with Gasteiger partial charge < -0.3 is 15.1 Å². The average Bonchev–Trinajstić information content (AvgIpc) is 3.36. The molecule has 3 heteroatoms. The van der Waals surface area contributed by atoms with Crippen LogP contribution in [0.5, 0.6) is 0 Å². The van der Waals surface area contributed by atoms with Gasteiger partial charge in [0.05, 0.1) is 11.7 Å². The highest BCUT2D eigenvalue weighted by Gasteiger charge is 2.42. The second-order valence-corrected chi connectivity index (χ2v) is 9.44. The summed E-state index contributed by atoms with van der Waals surface area (Å²) >= 11 is 0. The molecule has 0 spiro atoms. The molecule has 2 N–H and O–H groups in total. The molecule has 34 heavy (non-hydrogen) atoms. The molecule has 0 amide bonds. The van der Waals surface area contributed by atoms with Crippen LogP contribution in [0.15, 0.2) is 77.2 Å². The maximum atomic E-state index is 6.40. The van der Waals surface area contributed by atoms with E-state index in [-0.39, 0.29) is 6.04 Å². The Labute approximate surface area is 201 Å². The number of nitrogens with two attached hydrogens (primary N) is 1.